The minimum absolute atomic E-state index is 0.591. The first-order valence-corrected chi connectivity index (χ1v) is 7.47. The molecule has 0 saturated carbocycles. The highest BCUT2D eigenvalue weighted by molar-refractivity contribution is 7.85. The topological polar surface area (TPSA) is 81.3 Å². The SMILES string of the molecule is CC[n+]1cccc2ccccc21.O=S(=O)([O-])CCO. The average Bonchev–Trinajstić information content (AvgIpc) is 2.37. The number of nitrogens with zero attached hydrogens (tertiary/aromatic N) is 1. The van der Waals surface area contributed by atoms with Crippen LogP contribution in [0, 0.1) is 0 Å². The van der Waals surface area contributed by atoms with Crippen LogP contribution in [0.2, 0.25) is 0 Å². The van der Waals surface area contributed by atoms with Crippen molar-refractivity contribution in [2.24, 2.45) is 0 Å². The molecule has 0 aliphatic carbocycles. The van der Waals surface area contributed by atoms with Crippen LogP contribution in [0.4, 0.5) is 0 Å². The number of aryl methyl sites for hydroxylation is 1. The van der Waals surface area contributed by atoms with Crippen LogP contribution < -0.4 is 4.57 Å². The van der Waals surface area contributed by atoms with E-state index in [4.69, 9.17) is 5.11 Å². The summed E-state index contributed by atoms with van der Waals surface area (Å²) in [5, 5.41) is 9.13. The fourth-order valence-electron chi connectivity index (χ4n) is 1.61. The molecule has 0 unspecified atom stereocenters. The molecule has 0 fully saturated rings. The maximum Gasteiger partial charge on any atom is 0.212 e. The normalized spacial score (nSPS) is 10.9. The zero-order valence-corrected chi connectivity index (χ0v) is 11.5. The Balaban J connectivity index is 0.000000224. The van der Waals surface area contributed by atoms with Gasteiger partial charge in [0.25, 0.3) is 0 Å². The molecule has 1 N–H and O–H groups in total. The molecule has 2 aromatic rings. The van der Waals surface area contributed by atoms with E-state index in [9.17, 15) is 13.0 Å². The molecule has 1 aromatic heterocycles. The van der Waals surface area contributed by atoms with Crippen LogP contribution in [0.5, 0.6) is 0 Å². The lowest BCUT2D eigenvalue weighted by atomic mass is 10.2. The smallest absolute Gasteiger partial charge is 0.212 e. The zero-order valence-electron chi connectivity index (χ0n) is 10.7. The molecule has 5 nitrogen and oxygen atoms in total. The molecule has 0 aliphatic rings. The van der Waals surface area contributed by atoms with Gasteiger partial charge in [-0.3, -0.25) is 0 Å². The molecule has 6 heteroatoms. The Kier molecular flexibility index (Phi) is 5.88. The lowest BCUT2D eigenvalue weighted by Crippen LogP contribution is -2.32. The molecule has 0 aliphatic heterocycles. The summed E-state index contributed by atoms with van der Waals surface area (Å²) in [6.07, 6.45) is 2.11. The van der Waals surface area contributed by atoms with Crippen molar-refractivity contribution in [1.29, 1.82) is 0 Å². The van der Waals surface area contributed by atoms with E-state index in [1.54, 1.807) is 0 Å². The minimum Gasteiger partial charge on any atom is -0.748 e. The Labute approximate surface area is 112 Å². The van der Waals surface area contributed by atoms with Crippen molar-refractivity contribution >= 4 is 21.0 Å². The van der Waals surface area contributed by atoms with Crippen molar-refractivity contribution in [2.45, 2.75) is 13.5 Å². The Bertz CT molecular complexity index is 620. The van der Waals surface area contributed by atoms with E-state index in [0.29, 0.717) is 0 Å². The van der Waals surface area contributed by atoms with Gasteiger partial charge in [-0.1, -0.05) is 12.1 Å². The Morgan fingerprint density at radius 1 is 1.21 bits per heavy atom. The van der Waals surface area contributed by atoms with E-state index in [1.165, 1.54) is 10.9 Å². The Morgan fingerprint density at radius 2 is 1.84 bits per heavy atom. The second-order valence-electron chi connectivity index (χ2n) is 3.84. The molecular weight excluding hydrogens is 266 g/mol. The number of para-hydroxylation sites is 1. The average molecular weight is 283 g/mol. The first kappa shape index (κ1) is 15.6. The summed E-state index contributed by atoms with van der Waals surface area (Å²) in [5.74, 6) is -0.688. The Hall–Kier alpha value is -1.50. The van der Waals surface area contributed by atoms with Crippen LogP contribution in [-0.4, -0.2) is 30.4 Å². The summed E-state index contributed by atoms with van der Waals surface area (Å²) in [7, 11) is -4.17. The number of aliphatic hydroxyl groups is 1. The zero-order chi connectivity index (χ0) is 14.3. The third-order valence-electron chi connectivity index (χ3n) is 2.47. The van der Waals surface area contributed by atoms with E-state index in [-0.39, 0.29) is 0 Å². The maximum atomic E-state index is 9.52. The molecule has 0 bridgehead atoms. The third-order valence-corrected chi connectivity index (χ3v) is 3.15. The maximum absolute atomic E-state index is 9.52. The molecular formula is C13H17NO4S. The van der Waals surface area contributed by atoms with Gasteiger partial charge in [-0.05, 0) is 19.1 Å². The monoisotopic (exact) mass is 283 g/mol. The van der Waals surface area contributed by atoms with Gasteiger partial charge >= 0.3 is 0 Å². The van der Waals surface area contributed by atoms with Gasteiger partial charge in [0.2, 0.25) is 5.52 Å². The highest BCUT2D eigenvalue weighted by Crippen LogP contribution is 2.07. The molecule has 0 saturated heterocycles. The number of aromatic nitrogens is 1. The van der Waals surface area contributed by atoms with Crippen LogP contribution in [-0.2, 0) is 16.7 Å². The van der Waals surface area contributed by atoms with Crippen molar-refractivity contribution in [1.82, 2.24) is 0 Å². The van der Waals surface area contributed by atoms with Crippen LogP contribution in [0.3, 0.4) is 0 Å². The molecule has 104 valence electrons. The van der Waals surface area contributed by atoms with E-state index in [0.717, 1.165) is 6.54 Å². The van der Waals surface area contributed by atoms with Gasteiger partial charge in [0.05, 0.1) is 22.5 Å². The molecule has 0 atom stereocenters. The fraction of sp³-hybridized carbons (Fsp3) is 0.308. The van der Waals surface area contributed by atoms with E-state index in [1.807, 2.05) is 0 Å². The minimum atomic E-state index is -4.17. The van der Waals surface area contributed by atoms with Crippen LogP contribution in [0.1, 0.15) is 6.92 Å². The van der Waals surface area contributed by atoms with Crippen molar-refractivity contribution in [3.05, 3.63) is 42.6 Å². The van der Waals surface area contributed by atoms with Crippen LogP contribution >= 0.6 is 0 Å². The van der Waals surface area contributed by atoms with Gasteiger partial charge in [0.1, 0.15) is 6.54 Å². The summed E-state index contributed by atoms with van der Waals surface area (Å²) in [4.78, 5) is 0. The molecule has 0 amide bonds. The Morgan fingerprint density at radius 3 is 2.37 bits per heavy atom. The lowest BCUT2D eigenvalue weighted by molar-refractivity contribution is -0.667. The van der Waals surface area contributed by atoms with Crippen molar-refractivity contribution in [2.75, 3.05) is 12.4 Å². The number of rotatable bonds is 3. The van der Waals surface area contributed by atoms with Gasteiger partial charge in [-0.2, -0.15) is 4.57 Å². The summed E-state index contributed by atoms with van der Waals surface area (Å²) in [5.41, 5.74) is 1.31. The van der Waals surface area contributed by atoms with Crippen LogP contribution in [0.15, 0.2) is 42.6 Å². The van der Waals surface area contributed by atoms with Gasteiger partial charge < -0.3 is 9.66 Å². The largest absolute Gasteiger partial charge is 0.748 e. The number of fused-ring (bicyclic) bond motifs is 1. The van der Waals surface area contributed by atoms with E-state index < -0.39 is 22.5 Å². The number of benzene rings is 1. The molecule has 0 spiro atoms. The molecule has 1 aromatic carbocycles. The molecule has 19 heavy (non-hydrogen) atoms. The number of pyridine rings is 1. The van der Waals surface area contributed by atoms with Crippen LogP contribution in [0.25, 0.3) is 10.9 Å². The first-order chi connectivity index (χ1) is 8.98. The van der Waals surface area contributed by atoms with E-state index in [2.05, 4.69) is 54.1 Å². The van der Waals surface area contributed by atoms with Gasteiger partial charge in [-0.15, -0.1) is 0 Å². The highest BCUT2D eigenvalue weighted by Gasteiger charge is 2.02. The molecule has 0 radical (unpaired) electrons. The van der Waals surface area contributed by atoms with Crippen molar-refractivity contribution < 1.29 is 22.6 Å². The highest BCUT2D eigenvalue weighted by atomic mass is 32.2. The predicted molar refractivity (Wildman–Crippen MR) is 71.5 cm³/mol. The molecule has 2 rings (SSSR count). The second-order valence-corrected chi connectivity index (χ2v) is 5.36. The second kappa shape index (κ2) is 7.18. The van der Waals surface area contributed by atoms with Gasteiger partial charge in [-0.25, -0.2) is 8.42 Å². The predicted octanol–water partition coefficient (Wildman–Crippen LogP) is 0.671. The van der Waals surface area contributed by atoms with Gasteiger partial charge in [0, 0.05) is 17.5 Å². The van der Waals surface area contributed by atoms with Gasteiger partial charge in [0.15, 0.2) is 6.20 Å². The lowest BCUT2D eigenvalue weighted by Gasteiger charge is -2.00. The summed E-state index contributed by atoms with van der Waals surface area (Å²) < 4.78 is 30.8. The standard InChI is InChI=1S/C11H12N.C2H6O4S/c1-2-12-9-5-7-10-6-3-4-8-11(10)12;3-1-2-7(4,5)6/h3-9H,2H2,1H3;3H,1-2H2,(H,4,5,6)/q+1;/p-1. The first-order valence-electron chi connectivity index (χ1n) is 5.89. The quantitative estimate of drug-likeness (QED) is 0.663. The summed E-state index contributed by atoms with van der Waals surface area (Å²) in [6.45, 7) is 2.60. The molecule has 1 heterocycles. The third kappa shape index (κ3) is 5.34. The van der Waals surface area contributed by atoms with E-state index >= 15 is 0 Å². The number of hydrogen-bond acceptors (Lipinski definition) is 4. The van der Waals surface area contributed by atoms with Crippen molar-refractivity contribution in [3.8, 4) is 0 Å². The number of hydrogen-bond donors (Lipinski definition) is 1. The summed E-state index contributed by atoms with van der Waals surface area (Å²) >= 11 is 0. The fourth-order valence-corrected chi connectivity index (χ4v) is 1.83. The summed E-state index contributed by atoms with van der Waals surface area (Å²) in [6, 6.07) is 12.7. The number of aliphatic hydroxyl groups excluding tert-OH is 1. The van der Waals surface area contributed by atoms with Crippen molar-refractivity contribution in [3.63, 3.8) is 0 Å².